The van der Waals surface area contributed by atoms with Crippen molar-refractivity contribution in [2.24, 2.45) is 0 Å². The summed E-state index contributed by atoms with van der Waals surface area (Å²) in [7, 11) is -4.36. The molecule has 2 aromatic heterocycles. The van der Waals surface area contributed by atoms with Crippen molar-refractivity contribution < 1.29 is 50.2 Å². The van der Waals surface area contributed by atoms with Crippen LogP contribution < -0.4 is 19.5 Å². The molecular weight excluding hydrogens is 870 g/mol. The second-order valence-electron chi connectivity index (χ2n) is 16.4. The molecule has 0 spiro atoms. The Kier molecular flexibility index (Phi) is 12.3. The summed E-state index contributed by atoms with van der Waals surface area (Å²) in [4.78, 5) is 64.0. The highest BCUT2D eigenvalue weighted by atomic mass is 32.2. The quantitative estimate of drug-likeness (QED) is 0.101. The first-order chi connectivity index (χ1) is 31.3. The maximum absolute atomic E-state index is 15.7. The van der Waals surface area contributed by atoms with Crippen molar-refractivity contribution in [1.29, 1.82) is 0 Å². The van der Waals surface area contributed by atoms with E-state index in [9.17, 15) is 32.0 Å². The minimum Gasteiger partial charge on any atom is -0.492 e. The Morgan fingerprint density at radius 2 is 1.57 bits per heavy atom. The Balaban J connectivity index is 0.737. The monoisotopic (exact) mass is 914 g/mol. The first-order valence-electron chi connectivity index (χ1n) is 21.3. The van der Waals surface area contributed by atoms with Crippen molar-refractivity contribution in [3.05, 3.63) is 107 Å². The minimum atomic E-state index is -4.36. The van der Waals surface area contributed by atoms with E-state index in [1.54, 1.807) is 24.4 Å². The number of imide groups is 1. The lowest BCUT2D eigenvalue weighted by atomic mass is 10.00. The fourth-order valence-corrected chi connectivity index (χ4v) is 9.91. The molecule has 3 amide bonds. The van der Waals surface area contributed by atoms with E-state index in [1.165, 1.54) is 11.1 Å². The number of piperidine rings is 1. The van der Waals surface area contributed by atoms with E-state index in [1.807, 2.05) is 35.1 Å². The van der Waals surface area contributed by atoms with Crippen molar-refractivity contribution in [3.8, 4) is 22.6 Å². The number of anilines is 1. The molecule has 20 heteroatoms. The Bertz CT molecular complexity index is 2780. The molecule has 6 heterocycles. The molecule has 65 heavy (non-hydrogen) atoms. The van der Waals surface area contributed by atoms with E-state index >= 15 is 8.78 Å². The summed E-state index contributed by atoms with van der Waals surface area (Å²) in [5, 5.41) is 2.62. The normalized spacial score (nSPS) is 19.7. The van der Waals surface area contributed by atoms with Crippen molar-refractivity contribution in [2.45, 2.75) is 38.0 Å². The molecule has 3 saturated heterocycles. The van der Waals surface area contributed by atoms with Crippen LogP contribution in [0.3, 0.4) is 0 Å². The maximum atomic E-state index is 15.7. The van der Waals surface area contributed by atoms with Crippen LogP contribution in [0.5, 0.6) is 11.5 Å². The zero-order chi connectivity index (χ0) is 45.4. The second-order valence-corrected chi connectivity index (χ2v) is 18.1. The maximum Gasteiger partial charge on any atom is 0.301 e. The number of aromatic amines is 1. The predicted octanol–water partition coefficient (Wildman–Crippen LogP) is 4.28. The number of nitrogens with zero attached hydrogens (tertiary/aromatic N) is 5. The van der Waals surface area contributed by atoms with Gasteiger partial charge in [-0.3, -0.25) is 39.0 Å². The lowest BCUT2D eigenvalue weighted by Gasteiger charge is -2.34. The van der Waals surface area contributed by atoms with Crippen molar-refractivity contribution in [3.63, 3.8) is 0 Å². The van der Waals surface area contributed by atoms with Gasteiger partial charge in [-0.25, -0.2) is 18.2 Å². The van der Waals surface area contributed by atoms with Crippen molar-refractivity contribution >= 4 is 50.4 Å². The molecule has 5 aromatic rings. The standard InChI is InChI=1S/C45H45F3N8O8S/c46-30-11-12-55(26-30)65(61,62)52-37-8-7-36(47)40(41(37)48)42(58)35-24-50-43-34(35)22-28(23-49-43)27-1-3-31(4-2-27)63-19-17-53-13-15-54(16-14-53)18-20-64-32-5-6-33-29(21-32)25-56(45(33)60)38-9-10-39(57)51-44(38)59/h1-8,21-24,30,38,52H,9-20,25-26H2,(H,49,50)(H,51,57,59)/t30-,38?/m1/s1. The molecule has 0 aliphatic carbocycles. The summed E-state index contributed by atoms with van der Waals surface area (Å²) in [5.74, 6) is -3.27. The Hall–Kier alpha value is -6.35. The van der Waals surface area contributed by atoms with Crippen molar-refractivity contribution in [2.75, 3.05) is 70.3 Å². The zero-order valence-corrected chi connectivity index (χ0v) is 35.8. The number of fused-ring (bicyclic) bond motifs is 2. The van der Waals surface area contributed by atoms with Crippen LogP contribution >= 0.6 is 0 Å². The number of carbonyl (C=O) groups is 4. The van der Waals surface area contributed by atoms with Crippen LogP contribution in [0.2, 0.25) is 0 Å². The number of alkyl halides is 1. The number of hydrogen-bond donors (Lipinski definition) is 3. The molecule has 2 atom stereocenters. The molecule has 0 radical (unpaired) electrons. The van der Waals surface area contributed by atoms with E-state index in [0.29, 0.717) is 59.8 Å². The highest BCUT2D eigenvalue weighted by Crippen LogP contribution is 2.32. The molecule has 3 N–H and O–H groups in total. The number of nitrogens with one attached hydrogen (secondary N) is 3. The number of rotatable bonds is 15. The zero-order valence-electron chi connectivity index (χ0n) is 35.0. The van der Waals surface area contributed by atoms with E-state index in [-0.39, 0.29) is 36.8 Å². The summed E-state index contributed by atoms with van der Waals surface area (Å²) < 4.78 is 85.0. The Morgan fingerprint density at radius 1 is 0.862 bits per heavy atom. The molecule has 9 rings (SSSR count). The summed E-state index contributed by atoms with van der Waals surface area (Å²) >= 11 is 0. The summed E-state index contributed by atoms with van der Waals surface area (Å²) in [6.45, 7) is 5.67. The predicted molar refractivity (Wildman–Crippen MR) is 231 cm³/mol. The number of amides is 3. The van der Waals surface area contributed by atoms with Gasteiger partial charge >= 0.3 is 10.2 Å². The van der Waals surface area contributed by atoms with Crippen LogP contribution in [0.25, 0.3) is 22.2 Å². The lowest BCUT2D eigenvalue weighted by molar-refractivity contribution is -0.136. The Labute approximate surface area is 371 Å². The van der Waals surface area contributed by atoms with Gasteiger partial charge in [0.25, 0.3) is 5.91 Å². The van der Waals surface area contributed by atoms with Gasteiger partial charge in [-0.15, -0.1) is 0 Å². The third-order valence-corrected chi connectivity index (χ3v) is 13.8. The largest absolute Gasteiger partial charge is 0.492 e. The van der Waals surface area contributed by atoms with E-state index < -0.39 is 63.5 Å². The Morgan fingerprint density at radius 3 is 2.26 bits per heavy atom. The molecule has 16 nitrogen and oxygen atoms in total. The SMILES string of the molecule is O=C1CCC(N2Cc3cc(OCCN4CCN(CCOc5ccc(-c6cnc7[nH]cc(C(=O)c8c(F)ccc(NS(=O)(=O)N9CC[C@@H](F)C9)c8F)c7c6)cc5)CC4)ccc3C2=O)C(=O)N1. The molecule has 3 aromatic carbocycles. The molecule has 3 fully saturated rings. The average Bonchev–Trinajstić information content (AvgIpc) is 4.02. The molecule has 4 aliphatic heterocycles. The smallest absolute Gasteiger partial charge is 0.301 e. The molecule has 0 bridgehead atoms. The number of benzene rings is 3. The van der Waals surface area contributed by atoms with Gasteiger partial charge < -0.3 is 19.4 Å². The van der Waals surface area contributed by atoms with Gasteiger partial charge in [-0.1, -0.05) is 12.1 Å². The topological polar surface area (TPSA) is 187 Å². The highest BCUT2D eigenvalue weighted by Gasteiger charge is 2.39. The van der Waals surface area contributed by atoms with Gasteiger partial charge in [0, 0.05) is 99.8 Å². The van der Waals surface area contributed by atoms with Gasteiger partial charge in [-0.2, -0.15) is 12.7 Å². The van der Waals surface area contributed by atoms with Gasteiger partial charge in [0.15, 0.2) is 5.82 Å². The van der Waals surface area contributed by atoms with Gasteiger partial charge in [0.05, 0.1) is 11.3 Å². The molecule has 340 valence electrons. The molecular formula is C45H45F3N8O8S. The third-order valence-electron chi connectivity index (χ3n) is 12.3. The number of carbonyl (C=O) groups excluding carboxylic acids is 4. The summed E-state index contributed by atoms with van der Waals surface area (Å²) in [5.41, 5.74) is 1.36. The van der Waals surface area contributed by atoms with Crippen LogP contribution in [0.15, 0.2) is 73.1 Å². The summed E-state index contributed by atoms with van der Waals surface area (Å²) in [6, 6.07) is 15.4. The molecule has 0 saturated carbocycles. The number of halogens is 3. The van der Waals surface area contributed by atoms with E-state index in [0.717, 1.165) is 66.8 Å². The number of pyridine rings is 1. The van der Waals surface area contributed by atoms with Gasteiger partial charge in [-0.05, 0) is 72.5 Å². The van der Waals surface area contributed by atoms with Crippen LogP contribution in [0.1, 0.15) is 51.1 Å². The lowest BCUT2D eigenvalue weighted by Crippen LogP contribution is -2.52. The number of hydrogen-bond acceptors (Lipinski definition) is 11. The first-order valence-corrected chi connectivity index (χ1v) is 22.8. The minimum absolute atomic E-state index is 0.00330. The number of piperazine rings is 1. The molecule has 4 aliphatic rings. The highest BCUT2D eigenvalue weighted by molar-refractivity contribution is 7.90. The number of aromatic nitrogens is 2. The summed E-state index contributed by atoms with van der Waals surface area (Å²) in [6.07, 6.45) is 2.05. The number of ketones is 1. The van der Waals surface area contributed by atoms with E-state index in [2.05, 4.69) is 25.1 Å². The average molecular weight is 915 g/mol. The van der Waals surface area contributed by atoms with E-state index in [4.69, 9.17) is 9.47 Å². The third kappa shape index (κ3) is 9.29. The number of H-pyrrole nitrogens is 1. The fraction of sp³-hybridized carbons (Fsp3) is 0.356. The van der Waals surface area contributed by atoms with Crippen LogP contribution in [0, 0.1) is 11.6 Å². The van der Waals surface area contributed by atoms with Gasteiger partial charge in [0.1, 0.15) is 48.4 Å². The second kappa shape index (κ2) is 18.3. The molecule has 1 unspecified atom stereocenters. The van der Waals surface area contributed by atoms with Crippen LogP contribution in [-0.4, -0.2) is 139 Å². The van der Waals surface area contributed by atoms with Crippen LogP contribution in [-0.2, 0) is 26.3 Å². The first kappa shape index (κ1) is 43.9. The van der Waals surface area contributed by atoms with Gasteiger partial charge in [0.2, 0.25) is 17.6 Å². The van der Waals surface area contributed by atoms with Crippen LogP contribution in [0.4, 0.5) is 18.9 Å². The fourth-order valence-electron chi connectivity index (χ4n) is 8.64. The van der Waals surface area contributed by atoms with Crippen molar-refractivity contribution in [1.82, 2.24) is 34.3 Å². The number of ether oxygens (including phenoxy) is 2.